The SMILES string of the molecule is [Se]=P(CCP(=[Se])(CCP(=[Se])(c1ccccc1)c1ccccc1)c1ccccc1)(CCP(=[Se])(c1ccccc1)c1ccccc1)c1ccccc1. The Labute approximate surface area is 330 Å². The van der Waals surface area contributed by atoms with Crippen LogP contribution in [0.4, 0.5) is 0 Å². The fraction of sp³-hybridized carbons (Fsp3) is 0.143. The molecular formula is C42H42P4Se4. The molecule has 6 aromatic carbocycles. The zero-order valence-electron chi connectivity index (χ0n) is 28.0. The first-order valence-electron chi connectivity index (χ1n) is 16.9. The molecule has 2 atom stereocenters. The molecule has 50 heavy (non-hydrogen) atoms. The monoisotopic (exact) mass is 990 g/mol. The molecule has 0 spiro atoms. The van der Waals surface area contributed by atoms with E-state index in [0.29, 0.717) is 0 Å². The summed E-state index contributed by atoms with van der Waals surface area (Å²) in [4.78, 5) is 0. The molecule has 254 valence electrons. The molecule has 6 aromatic rings. The molecule has 0 aliphatic heterocycles. The molecule has 0 bridgehead atoms. The summed E-state index contributed by atoms with van der Waals surface area (Å²) >= 11 is 15.6. The number of benzene rings is 6. The number of rotatable bonds is 15. The second-order valence-electron chi connectivity index (χ2n) is 12.6. The van der Waals surface area contributed by atoms with E-state index in [9.17, 15) is 0 Å². The molecule has 0 fully saturated rings. The first-order chi connectivity index (χ1) is 24.3. The molecule has 0 aliphatic carbocycles. The van der Waals surface area contributed by atoms with E-state index in [2.05, 4.69) is 242 Å². The van der Waals surface area contributed by atoms with Crippen LogP contribution < -0.4 is 31.8 Å². The molecule has 0 saturated heterocycles. The summed E-state index contributed by atoms with van der Waals surface area (Å²) in [5, 5.41) is 8.80. The van der Waals surface area contributed by atoms with E-state index in [0.717, 1.165) is 12.3 Å². The van der Waals surface area contributed by atoms with Crippen LogP contribution in [0.2, 0.25) is 0 Å². The second kappa shape index (κ2) is 18.0. The summed E-state index contributed by atoms with van der Waals surface area (Å²) < 4.78 is 0. The summed E-state index contributed by atoms with van der Waals surface area (Å²) in [7, 11) is 0. The van der Waals surface area contributed by atoms with E-state index < -0.39 is 22.0 Å². The van der Waals surface area contributed by atoms with Crippen LogP contribution in [-0.2, 0) is 0 Å². The average Bonchev–Trinajstić information content (AvgIpc) is 3.20. The van der Waals surface area contributed by atoms with Crippen molar-refractivity contribution in [2.24, 2.45) is 0 Å². The van der Waals surface area contributed by atoms with E-state index in [-0.39, 0.29) is 0 Å². The van der Waals surface area contributed by atoms with Gasteiger partial charge in [-0.05, 0) is 0 Å². The van der Waals surface area contributed by atoms with Crippen molar-refractivity contribution in [1.29, 1.82) is 0 Å². The van der Waals surface area contributed by atoms with E-state index in [4.69, 9.17) is 0 Å². The Balaban J connectivity index is 1.34. The molecular weight excluding hydrogens is 944 g/mol. The molecule has 8 heteroatoms. The Hall–Kier alpha value is -0.882. The minimum absolute atomic E-state index is 1.14. The number of hydrogen-bond acceptors (Lipinski definition) is 0. The Morgan fingerprint density at radius 1 is 0.240 bits per heavy atom. The van der Waals surface area contributed by atoms with Gasteiger partial charge in [0.25, 0.3) is 0 Å². The third kappa shape index (κ3) is 9.24. The van der Waals surface area contributed by atoms with E-state index in [1.54, 1.807) is 0 Å². The molecule has 0 radical (unpaired) electrons. The van der Waals surface area contributed by atoms with Crippen LogP contribution in [0, 0.1) is 0 Å². The summed E-state index contributed by atoms with van der Waals surface area (Å²) in [5.41, 5.74) is -6.79. The van der Waals surface area contributed by atoms with Crippen molar-refractivity contribution in [3.63, 3.8) is 0 Å². The van der Waals surface area contributed by atoms with Crippen LogP contribution in [0.15, 0.2) is 182 Å². The molecule has 0 amide bonds. The Morgan fingerprint density at radius 3 is 0.640 bits per heavy atom. The topological polar surface area (TPSA) is 0 Å². The van der Waals surface area contributed by atoms with Gasteiger partial charge in [-0.2, -0.15) is 0 Å². The summed E-state index contributed by atoms with van der Waals surface area (Å²) in [6.45, 7) is 0. The Bertz CT molecular complexity index is 1920. The zero-order chi connectivity index (χ0) is 34.9. The van der Waals surface area contributed by atoms with Gasteiger partial charge in [-0.3, -0.25) is 0 Å². The maximum atomic E-state index is 3.95. The number of hydrogen-bond donors (Lipinski definition) is 0. The van der Waals surface area contributed by atoms with Crippen molar-refractivity contribution in [1.82, 2.24) is 0 Å². The predicted octanol–water partition coefficient (Wildman–Crippen LogP) is 7.34. The van der Waals surface area contributed by atoms with E-state index in [1.165, 1.54) is 56.5 Å². The van der Waals surface area contributed by atoms with Crippen LogP contribution >= 0.6 is 22.0 Å². The van der Waals surface area contributed by atoms with Crippen molar-refractivity contribution < 1.29 is 0 Å². The third-order valence-electron chi connectivity index (χ3n) is 9.52. The van der Waals surface area contributed by atoms with Gasteiger partial charge >= 0.3 is 333 Å². The fourth-order valence-corrected chi connectivity index (χ4v) is 35.0. The standard InChI is InChI=1S/C42H42P4Se4/c47-43(37-19-7-1-8-20-37,33-35-45(49,39-23-11-3-12-24-39)40-25-13-4-14-26-40)31-32-44(48,38-21-9-2-10-22-38)34-36-46(50,41-27-15-5-16-28-41)42-29-17-6-18-30-42/h1-30H,31-36H2. The molecule has 0 aromatic heterocycles. The molecule has 0 heterocycles. The van der Waals surface area contributed by atoms with Gasteiger partial charge in [-0.1, -0.05) is 0 Å². The van der Waals surface area contributed by atoms with Gasteiger partial charge in [0.1, 0.15) is 0 Å². The normalized spacial score (nSPS) is 14.3. The second-order valence-corrected chi connectivity index (χ2v) is 41.6. The Morgan fingerprint density at radius 2 is 0.420 bits per heavy atom. The first-order valence-corrected chi connectivity index (χ1v) is 34.1. The van der Waals surface area contributed by atoms with Crippen molar-refractivity contribution in [2.75, 3.05) is 37.0 Å². The van der Waals surface area contributed by atoms with Gasteiger partial charge in [0, 0.05) is 0 Å². The maximum absolute atomic E-state index is 3.95. The van der Waals surface area contributed by atoms with E-state index >= 15 is 0 Å². The molecule has 0 nitrogen and oxygen atoms in total. The van der Waals surface area contributed by atoms with Crippen LogP contribution in [0.1, 0.15) is 0 Å². The summed E-state index contributed by atoms with van der Waals surface area (Å²) in [6, 6.07) is 67.7. The summed E-state index contributed by atoms with van der Waals surface area (Å²) in [5.74, 6) is 0. The summed E-state index contributed by atoms with van der Waals surface area (Å²) in [6.07, 6.45) is 6.99. The van der Waals surface area contributed by atoms with Crippen LogP contribution in [0.5, 0.6) is 0 Å². The van der Waals surface area contributed by atoms with Crippen LogP contribution in [-0.4, -0.2) is 97.4 Å². The van der Waals surface area contributed by atoms with Gasteiger partial charge in [0.15, 0.2) is 0 Å². The van der Waals surface area contributed by atoms with Crippen molar-refractivity contribution in [3.8, 4) is 0 Å². The van der Waals surface area contributed by atoms with Gasteiger partial charge < -0.3 is 0 Å². The minimum atomic E-state index is -1.73. The van der Waals surface area contributed by atoms with Crippen molar-refractivity contribution >= 4 is 114 Å². The first kappa shape index (κ1) is 38.8. The van der Waals surface area contributed by atoms with Crippen LogP contribution in [0.25, 0.3) is 0 Å². The zero-order valence-corrected chi connectivity index (χ0v) is 38.4. The third-order valence-corrected chi connectivity index (χ3v) is 37.9. The average molecular weight is 987 g/mol. The fourth-order valence-electron chi connectivity index (χ4n) is 6.56. The van der Waals surface area contributed by atoms with Gasteiger partial charge in [-0.25, -0.2) is 0 Å². The van der Waals surface area contributed by atoms with Crippen LogP contribution in [0.3, 0.4) is 0 Å². The molecule has 6 rings (SSSR count). The van der Waals surface area contributed by atoms with Gasteiger partial charge in [-0.15, -0.1) is 0 Å². The van der Waals surface area contributed by atoms with Gasteiger partial charge in [0.2, 0.25) is 0 Å². The van der Waals surface area contributed by atoms with Crippen molar-refractivity contribution in [3.05, 3.63) is 182 Å². The van der Waals surface area contributed by atoms with Gasteiger partial charge in [0.05, 0.1) is 0 Å². The molecule has 0 aliphatic rings. The van der Waals surface area contributed by atoms with Crippen molar-refractivity contribution in [2.45, 2.75) is 0 Å². The van der Waals surface area contributed by atoms with E-state index in [1.807, 2.05) is 0 Å². The molecule has 0 saturated carbocycles. The predicted molar refractivity (Wildman–Crippen MR) is 236 cm³/mol. The molecule has 2 unspecified atom stereocenters. The Kier molecular flexibility index (Phi) is 13.9. The molecule has 0 N–H and O–H groups in total. The quantitative estimate of drug-likeness (QED) is 0.0748.